The summed E-state index contributed by atoms with van der Waals surface area (Å²) in [6, 6.07) is 7.28. The lowest BCUT2D eigenvalue weighted by atomic mass is 10.2. The zero-order valence-corrected chi connectivity index (χ0v) is 9.37. The summed E-state index contributed by atoms with van der Waals surface area (Å²) in [5, 5.41) is 10.8. The number of pyridine rings is 1. The average molecular weight is 306 g/mol. The summed E-state index contributed by atoms with van der Waals surface area (Å²) in [7, 11) is 0. The van der Waals surface area contributed by atoms with Gasteiger partial charge in [-0.2, -0.15) is 0 Å². The lowest BCUT2D eigenvalue weighted by Gasteiger charge is -2.01. The molecule has 1 N–H and O–H groups in total. The Hall–Kier alpha value is -0.550. The van der Waals surface area contributed by atoms with Crippen molar-refractivity contribution in [2.45, 2.75) is 0 Å². The molecule has 2 rings (SSSR count). The summed E-state index contributed by atoms with van der Waals surface area (Å²) in [5.74, 6) is 0.0534. The molecular formula is C9H5ClINO. The highest BCUT2D eigenvalue weighted by atomic mass is 127. The van der Waals surface area contributed by atoms with Gasteiger partial charge in [-0.05, 0) is 34.7 Å². The largest absolute Gasteiger partial charge is 0.504 e. The van der Waals surface area contributed by atoms with E-state index >= 15 is 0 Å². The van der Waals surface area contributed by atoms with Crippen molar-refractivity contribution in [1.82, 2.24) is 4.98 Å². The molecule has 0 aliphatic rings. The molecule has 1 aromatic carbocycles. The van der Waals surface area contributed by atoms with Gasteiger partial charge in [-0.3, -0.25) is 0 Å². The molecule has 66 valence electrons. The zero-order valence-electron chi connectivity index (χ0n) is 6.46. The van der Waals surface area contributed by atoms with Crippen LogP contribution in [0.4, 0.5) is 0 Å². The molecule has 0 fully saturated rings. The average Bonchev–Trinajstić information content (AvgIpc) is 2.12. The van der Waals surface area contributed by atoms with Crippen molar-refractivity contribution in [3.05, 3.63) is 33.0 Å². The number of hydrogen-bond donors (Lipinski definition) is 1. The molecule has 0 bridgehead atoms. The first-order chi connectivity index (χ1) is 6.18. The molecule has 0 amide bonds. The van der Waals surface area contributed by atoms with Crippen LogP contribution in [0.25, 0.3) is 10.9 Å². The summed E-state index contributed by atoms with van der Waals surface area (Å²) in [6.45, 7) is 0. The third kappa shape index (κ3) is 1.58. The molecule has 1 heterocycles. The summed E-state index contributed by atoms with van der Waals surface area (Å²) in [6.07, 6.45) is 0. The van der Waals surface area contributed by atoms with Crippen molar-refractivity contribution in [3.63, 3.8) is 0 Å². The second kappa shape index (κ2) is 3.31. The highest BCUT2D eigenvalue weighted by Gasteiger charge is 2.05. The van der Waals surface area contributed by atoms with Gasteiger partial charge in [0.25, 0.3) is 0 Å². The minimum atomic E-state index is 0.0534. The maximum Gasteiger partial charge on any atom is 0.160 e. The third-order valence-electron chi connectivity index (χ3n) is 1.75. The molecule has 13 heavy (non-hydrogen) atoms. The first-order valence-corrected chi connectivity index (χ1v) is 5.08. The van der Waals surface area contributed by atoms with Gasteiger partial charge in [0.05, 0.1) is 5.02 Å². The van der Waals surface area contributed by atoms with Crippen molar-refractivity contribution in [2.24, 2.45) is 0 Å². The van der Waals surface area contributed by atoms with Gasteiger partial charge in [0.2, 0.25) is 0 Å². The number of hydrogen-bond acceptors (Lipinski definition) is 2. The Morgan fingerprint density at radius 3 is 2.69 bits per heavy atom. The number of nitrogens with zero attached hydrogens (tertiary/aromatic N) is 1. The van der Waals surface area contributed by atoms with Crippen LogP contribution in [0.5, 0.6) is 5.75 Å². The van der Waals surface area contributed by atoms with E-state index in [0.717, 1.165) is 9.09 Å². The Labute approximate surface area is 93.7 Å². The van der Waals surface area contributed by atoms with Crippen LogP contribution in [-0.4, -0.2) is 10.1 Å². The van der Waals surface area contributed by atoms with Crippen molar-refractivity contribution < 1.29 is 5.11 Å². The van der Waals surface area contributed by atoms with Crippen LogP contribution in [0.15, 0.2) is 24.3 Å². The summed E-state index contributed by atoms with van der Waals surface area (Å²) >= 11 is 7.84. The number of benzene rings is 1. The number of phenolic OH excluding ortho intramolecular Hbond substituents is 1. The maximum atomic E-state index is 9.58. The van der Waals surface area contributed by atoms with E-state index in [4.69, 9.17) is 11.6 Å². The second-order valence-corrected chi connectivity index (χ2v) is 4.11. The second-order valence-electron chi connectivity index (χ2n) is 2.60. The Balaban J connectivity index is 2.89. The van der Waals surface area contributed by atoms with Crippen LogP contribution in [0.1, 0.15) is 0 Å². The first-order valence-electron chi connectivity index (χ1n) is 3.62. The highest BCUT2D eigenvalue weighted by Crippen LogP contribution is 2.30. The smallest absolute Gasteiger partial charge is 0.160 e. The van der Waals surface area contributed by atoms with Gasteiger partial charge in [0, 0.05) is 5.39 Å². The molecule has 0 unspecified atom stereocenters. The third-order valence-corrected chi connectivity index (χ3v) is 2.66. The fourth-order valence-electron chi connectivity index (χ4n) is 1.13. The van der Waals surface area contributed by atoms with E-state index in [2.05, 4.69) is 27.6 Å². The van der Waals surface area contributed by atoms with Crippen molar-refractivity contribution in [2.75, 3.05) is 0 Å². The summed E-state index contributed by atoms with van der Waals surface area (Å²) < 4.78 is 0.836. The van der Waals surface area contributed by atoms with E-state index in [0.29, 0.717) is 10.5 Å². The van der Waals surface area contributed by atoms with E-state index in [-0.39, 0.29) is 5.75 Å². The van der Waals surface area contributed by atoms with Crippen LogP contribution in [0.2, 0.25) is 5.02 Å². The van der Waals surface area contributed by atoms with Crippen LogP contribution >= 0.6 is 34.2 Å². The van der Waals surface area contributed by atoms with Gasteiger partial charge in [0.15, 0.2) is 5.75 Å². The van der Waals surface area contributed by atoms with E-state index in [9.17, 15) is 5.11 Å². The lowest BCUT2D eigenvalue weighted by Crippen LogP contribution is -1.83. The van der Waals surface area contributed by atoms with Gasteiger partial charge in [-0.25, -0.2) is 4.98 Å². The Morgan fingerprint density at radius 1 is 1.23 bits per heavy atom. The number of fused-ring (bicyclic) bond motifs is 1. The van der Waals surface area contributed by atoms with E-state index < -0.39 is 0 Å². The molecule has 1 aromatic heterocycles. The maximum absolute atomic E-state index is 9.58. The predicted molar refractivity (Wildman–Crippen MR) is 61.1 cm³/mol. The van der Waals surface area contributed by atoms with Gasteiger partial charge >= 0.3 is 0 Å². The van der Waals surface area contributed by atoms with E-state index in [1.165, 1.54) is 0 Å². The van der Waals surface area contributed by atoms with Gasteiger partial charge in [-0.1, -0.05) is 23.7 Å². The first kappa shape index (κ1) is 9.02. The molecule has 0 saturated carbocycles. The standard InChI is InChI=1S/C9H5ClINO/c10-6-3-1-5-2-4-7(11)12-8(5)9(6)13/h1-4,13H. The Morgan fingerprint density at radius 2 is 1.92 bits per heavy atom. The van der Waals surface area contributed by atoms with Crippen LogP contribution in [0.3, 0.4) is 0 Å². The normalized spacial score (nSPS) is 10.6. The van der Waals surface area contributed by atoms with Crippen molar-refractivity contribution >= 4 is 45.1 Å². The van der Waals surface area contributed by atoms with Crippen molar-refractivity contribution in [3.8, 4) is 5.75 Å². The van der Waals surface area contributed by atoms with E-state index in [1.807, 2.05) is 18.2 Å². The lowest BCUT2D eigenvalue weighted by molar-refractivity contribution is 0.480. The summed E-state index contributed by atoms with van der Waals surface area (Å²) in [5.41, 5.74) is 0.555. The molecular weight excluding hydrogens is 300 g/mol. The number of aromatic hydroxyl groups is 1. The number of aromatic nitrogens is 1. The molecule has 4 heteroatoms. The molecule has 0 spiro atoms. The fourth-order valence-corrected chi connectivity index (χ4v) is 1.70. The van der Waals surface area contributed by atoms with Crippen molar-refractivity contribution in [1.29, 1.82) is 0 Å². The van der Waals surface area contributed by atoms with Gasteiger partial charge < -0.3 is 5.11 Å². The van der Waals surface area contributed by atoms with Crippen LogP contribution < -0.4 is 0 Å². The molecule has 0 aliphatic carbocycles. The van der Waals surface area contributed by atoms with Crippen LogP contribution in [-0.2, 0) is 0 Å². The fraction of sp³-hybridized carbons (Fsp3) is 0. The summed E-state index contributed by atoms with van der Waals surface area (Å²) in [4.78, 5) is 4.19. The SMILES string of the molecule is Oc1c(Cl)ccc2ccc(I)nc12. The molecule has 0 aliphatic heterocycles. The molecule has 0 radical (unpaired) electrons. The molecule has 2 aromatic rings. The van der Waals surface area contributed by atoms with Gasteiger partial charge in [0.1, 0.15) is 9.22 Å². The minimum absolute atomic E-state index is 0.0534. The quantitative estimate of drug-likeness (QED) is 0.599. The number of halogens is 2. The monoisotopic (exact) mass is 305 g/mol. The number of rotatable bonds is 0. The minimum Gasteiger partial charge on any atom is -0.504 e. The molecule has 2 nitrogen and oxygen atoms in total. The molecule has 0 saturated heterocycles. The Bertz CT molecular complexity index is 467. The van der Waals surface area contributed by atoms with Gasteiger partial charge in [-0.15, -0.1) is 0 Å². The van der Waals surface area contributed by atoms with E-state index in [1.54, 1.807) is 6.07 Å². The number of phenols is 1. The Kier molecular flexibility index (Phi) is 2.29. The predicted octanol–water partition coefficient (Wildman–Crippen LogP) is 3.20. The highest BCUT2D eigenvalue weighted by molar-refractivity contribution is 14.1. The van der Waals surface area contributed by atoms with Crippen LogP contribution in [0, 0.1) is 3.70 Å². The topological polar surface area (TPSA) is 33.1 Å². The molecule has 0 atom stereocenters. The zero-order chi connectivity index (χ0) is 9.42.